The van der Waals surface area contributed by atoms with Crippen molar-refractivity contribution in [3.63, 3.8) is 0 Å². The highest BCUT2D eigenvalue weighted by atomic mass is 32.2. The number of nitrogens with two attached hydrogens (primary N) is 1. The van der Waals surface area contributed by atoms with Crippen molar-refractivity contribution < 1.29 is 67.4 Å². The van der Waals surface area contributed by atoms with Crippen LogP contribution in [-0.2, 0) is 67.0 Å². The molecule has 11 atom stereocenters. The average Bonchev–Trinajstić information content (AvgIpc) is 3.92. The van der Waals surface area contributed by atoms with E-state index in [9.17, 15) is 62.7 Å². The zero-order chi connectivity index (χ0) is 51.7. The summed E-state index contributed by atoms with van der Waals surface area (Å²) in [5.41, 5.74) is 6.82. The number of aliphatic hydroxyl groups excluding tert-OH is 3. The fraction of sp³-hybridized carbons (Fsp3) is 0.500. The third-order valence-corrected chi connectivity index (χ3v) is 14.2. The lowest BCUT2D eigenvalue weighted by molar-refractivity contribution is -0.144. The highest BCUT2D eigenvalue weighted by Gasteiger charge is 2.45. The molecule has 0 spiro atoms. The number of primary amides is 1. The van der Waals surface area contributed by atoms with Gasteiger partial charge in [0.15, 0.2) is 0 Å². The molecule has 2 aromatic carbocycles. The third-order valence-electron chi connectivity index (χ3n) is 12.8. The largest absolute Gasteiger partial charge is 0.489 e. The van der Waals surface area contributed by atoms with Crippen molar-refractivity contribution in [2.45, 2.75) is 107 Å². The van der Waals surface area contributed by atoms with E-state index in [0.717, 1.165) is 10.5 Å². The standard InChI is InChI=1S/C46H60N10O14S/c1-4-22(2)38-43(66)49-16-36(61)50-32-21-71(69)45-28(27-11-10-26(13-29(27)53-45)70-20-24-8-6-5-7-9-24)14-30(40(63)48-17-37(62)54-38)51-44(67)39(23(3)34(59)19-57)55-42(65)33-12-25(58)18-56(33)46(68)31(15-35(47)60)52-41(32)64/h5-11,13,22-23,25,30-34,38-39,53,57-59H,4,12,14-21H2,1-3H3,(H2,47,60)(H,48,63)(H,49,66)(H,50,61)(H,51,67)(H,52,64)(H,54,62)(H,55,65). The van der Waals surface area contributed by atoms with Gasteiger partial charge in [-0.25, -0.2) is 0 Å². The molecule has 11 unspecified atom stereocenters. The molecule has 3 aromatic rings. The van der Waals surface area contributed by atoms with E-state index < -0.39 is 176 Å². The molecule has 0 radical (unpaired) electrons. The molecule has 1 fully saturated rings. The maximum absolute atomic E-state index is 14.9. The van der Waals surface area contributed by atoms with E-state index in [1.54, 1.807) is 32.0 Å². The van der Waals surface area contributed by atoms with Gasteiger partial charge >= 0.3 is 0 Å². The zero-order valence-corrected chi connectivity index (χ0v) is 40.0. The van der Waals surface area contributed by atoms with Crippen LogP contribution in [-0.4, -0.2) is 163 Å². The van der Waals surface area contributed by atoms with Crippen LogP contribution in [0.25, 0.3) is 10.9 Å². The minimum absolute atomic E-state index is 0.114. The lowest BCUT2D eigenvalue weighted by Gasteiger charge is -2.32. The van der Waals surface area contributed by atoms with E-state index in [-0.39, 0.29) is 17.2 Å². The van der Waals surface area contributed by atoms with Crippen molar-refractivity contribution in [2.75, 3.05) is 32.0 Å². The number of fused-ring (bicyclic) bond motifs is 5. The van der Waals surface area contributed by atoms with Crippen molar-refractivity contribution in [3.8, 4) is 5.75 Å². The summed E-state index contributed by atoms with van der Waals surface area (Å²) >= 11 is 0. The van der Waals surface area contributed by atoms with E-state index in [0.29, 0.717) is 23.1 Å². The normalized spacial score (nSPS) is 26.8. The van der Waals surface area contributed by atoms with Crippen LogP contribution in [0.2, 0.25) is 0 Å². The number of benzene rings is 2. The van der Waals surface area contributed by atoms with E-state index in [4.69, 9.17) is 10.5 Å². The number of hydrogen-bond acceptors (Lipinski definition) is 14. The Hall–Kier alpha value is -6.96. The maximum atomic E-state index is 14.9. The van der Waals surface area contributed by atoms with Crippen LogP contribution in [0.4, 0.5) is 0 Å². The molecule has 4 heterocycles. The second-order valence-corrected chi connectivity index (χ2v) is 19.3. The Balaban J connectivity index is 1.54. The molecule has 384 valence electrons. The highest BCUT2D eigenvalue weighted by Crippen LogP contribution is 2.31. The lowest BCUT2D eigenvalue weighted by Crippen LogP contribution is -2.62. The summed E-state index contributed by atoms with van der Waals surface area (Å²) in [6.07, 6.45) is -4.38. The number of hydrogen-bond donors (Lipinski definition) is 12. The van der Waals surface area contributed by atoms with Crippen LogP contribution in [0.5, 0.6) is 5.75 Å². The molecule has 3 aliphatic rings. The Morgan fingerprint density at radius 3 is 2.21 bits per heavy atom. The van der Waals surface area contributed by atoms with Gasteiger partial charge in [-0.3, -0.25) is 47.4 Å². The number of aromatic amines is 1. The number of nitrogens with zero attached hydrogens (tertiary/aromatic N) is 1. The Labute approximate surface area is 409 Å². The predicted octanol–water partition coefficient (Wildman–Crippen LogP) is -4.05. The van der Waals surface area contributed by atoms with Gasteiger partial charge in [0, 0.05) is 36.8 Å². The zero-order valence-electron chi connectivity index (χ0n) is 39.2. The SMILES string of the molecule is CCC(C)C1NC(=O)CNC(=O)C2Cc3c([nH]c4cc(OCc5ccccc5)ccc34)S(=O)CC(NC(=O)CNC1=O)C(=O)NC(CC(N)=O)C(=O)N1CC(O)CC1C(=O)NC(C(C)C(O)CO)C(=O)N2. The molecule has 1 saturated heterocycles. The molecule has 25 heteroatoms. The van der Waals surface area contributed by atoms with Gasteiger partial charge in [-0.1, -0.05) is 57.5 Å². The number of aromatic nitrogens is 1. The molecule has 24 nitrogen and oxygen atoms in total. The number of aliphatic hydroxyl groups is 3. The number of rotatable bonds is 10. The van der Waals surface area contributed by atoms with E-state index in [1.165, 1.54) is 6.92 Å². The number of amides is 9. The van der Waals surface area contributed by atoms with Gasteiger partial charge in [0.2, 0.25) is 53.2 Å². The summed E-state index contributed by atoms with van der Waals surface area (Å²) in [6.45, 7) is 1.98. The summed E-state index contributed by atoms with van der Waals surface area (Å²) in [7, 11) is -2.37. The van der Waals surface area contributed by atoms with Gasteiger partial charge in [-0.05, 0) is 29.2 Å². The number of carbonyl (C=O) groups excluding carboxylic acids is 9. The molecule has 6 rings (SSSR count). The molecule has 71 heavy (non-hydrogen) atoms. The van der Waals surface area contributed by atoms with Gasteiger partial charge < -0.3 is 72.9 Å². The third kappa shape index (κ3) is 13.3. The predicted molar refractivity (Wildman–Crippen MR) is 251 cm³/mol. The monoisotopic (exact) mass is 1010 g/mol. The number of nitrogens with one attached hydrogen (secondary N) is 8. The Morgan fingerprint density at radius 2 is 1.54 bits per heavy atom. The van der Waals surface area contributed by atoms with Crippen LogP contribution in [0.1, 0.15) is 51.2 Å². The molecule has 0 saturated carbocycles. The minimum atomic E-state index is -2.37. The summed E-state index contributed by atoms with van der Waals surface area (Å²) in [5.74, 6) is -11.3. The molecule has 13 N–H and O–H groups in total. The van der Waals surface area contributed by atoms with Gasteiger partial charge in [0.1, 0.15) is 53.6 Å². The number of H-pyrrole nitrogens is 1. The summed E-state index contributed by atoms with van der Waals surface area (Å²) < 4.78 is 21.0. The Morgan fingerprint density at radius 1 is 0.845 bits per heavy atom. The molecule has 0 aliphatic carbocycles. The van der Waals surface area contributed by atoms with Crippen molar-refractivity contribution in [2.24, 2.45) is 17.6 Å². The van der Waals surface area contributed by atoms with Crippen molar-refractivity contribution in [1.82, 2.24) is 47.1 Å². The molecule has 2 bridgehead atoms. The lowest BCUT2D eigenvalue weighted by atomic mass is 9.93. The quantitative estimate of drug-likeness (QED) is 0.0921. The first kappa shape index (κ1) is 53.4. The summed E-state index contributed by atoms with van der Waals surface area (Å²) in [5, 5.41) is 49.2. The van der Waals surface area contributed by atoms with Crippen LogP contribution < -0.4 is 47.7 Å². The van der Waals surface area contributed by atoms with Crippen molar-refractivity contribution in [3.05, 3.63) is 59.7 Å². The van der Waals surface area contributed by atoms with Crippen LogP contribution in [0, 0.1) is 11.8 Å². The van der Waals surface area contributed by atoms with E-state index in [1.807, 2.05) is 30.3 Å². The van der Waals surface area contributed by atoms with E-state index >= 15 is 0 Å². The van der Waals surface area contributed by atoms with E-state index in [2.05, 4.69) is 42.2 Å². The Bertz CT molecular complexity index is 2540. The topological polar surface area (TPSA) is 370 Å². The molecule has 1 aromatic heterocycles. The first-order chi connectivity index (χ1) is 33.8. The molecular formula is C46H60N10O14S. The molecule has 9 amide bonds. The molecule has 3 aliphatic heterocycles. The van der Waals surface area contributed by atoms with Gasteiger partial charge in [-0.15, -0.1) is 0 Å². The first-order valence-electron chi connectivity index (χ1n) is 23.1. The fourth-order valence-electron chi connectivity index (χ4n) is 8.52. The first-order valence-corrected chi connectivity index (χ1v) is 24.4. The van der Waals surface area contributed by atoms with Crippen LogP contribution >= 0.6 is 0 Å². The van der Waals surface area contributed by atoms with Crippen molar-refractivity contribution in [1.29, 1.82) is 0 Å². The number of carbonyl (C=O) groups is 9. The van der Waals surface area contributed by atoms with Gasteiger partial charge in [0.05, 0.1) is 60.4 Å². The van der Waals surface area contributed by atoms with Gasteiger partial charge in [-0.2, -0.15) is 0 Å². The Kier molecular flexibility index (Phi) is 17.9. The van der Waals surface area contributed by atoms with Crippen LogP contribution in [0.3, 0.4) is 0 Å². The summed E-state index contributed by atoms with van der Waals surface area (Å²) in [6, 6.07) is 4.09. The van der Waals surface area contributed by atoms with Crippen LogP contribution in [0.15, 0.2) is 53.6 Å². The minimum Gasteiger partial charge on any atom is -0.489 e. The average molecular weight is 1010 g/mol. The second-order valence-electron chi connectivity index (χ2n) is 17.9. The maximum Gasteiger partial charge on any atom is 0.246 e. The number of ether oxygens (including phenoxy) is 1. The van der Waals surface area contributed by atoms with Gasteiger partial charge in [0.25, 0.3) is 0 Å². The summed E-state index contributed by atoms with van der Waals surface area (Å²) in [4.78, 5) is 129. The fourth-order valence-corrected chi connectivity index (χ4v) is 9.92. The molecular weight excluding hydrogens is 949 g/mol. The second kappa shape index (κ2) is 23.8. The van der Waals surface area contributed by atoms with Crippen molar-refractivity contribution >= 4 is 74.9 Å². The highest BCUT2D eigenvalue weighted by molar-refractivity contribution is 7.85. The smallest absolute Gasteiger partial charge is 0.246 e.